The lowest BCUT2D eigenvalue weighted by atomic mass is 10.2. The highest BCUT2D eigenvalue weighted by molar-refractivity contribution is 9.10. The van der Waals surface area contributed by atoms with Gasteiger partial charge in [-0.3, -0.25) is 4.79 Å². The first-order chi connectivity index (χ1) is 14.0. The van der Waals surface area contributed by atoms with Crippen LogP contribution in [0.4, 0.5) is 4.39 Å². The third-order valence-electron chi connectivity index (χ3n) is 3.98. The molecule has 0 heterocycles. The van der Waals surface area contributed by atoms with Crippen molar-refractivity contribution in [2.24, 2.45) is 5.10 Å². The van der Waals surface area contributed by atoms with Crippen molar-refractivity contribution in [2.75, 3.05) is 7.11 Å². The summed E-state index contributed by atoms with van der Waals surface area (Å²) < 4.78 is 24.5. The number of hydrogen-bond acceptors (Lipinski definition) is 4. The molecule has 0 spiro atoms. The van der Waals surface area contributed by atoms with E-state index in [9.17, 15) is 9.18 Å². The van der Waals surface area contributed by atoms with E-state index >= 15 is 0 Å². The molecule has 3 rings (SSSR count). The molecular formula is C22H18BrFN2O3. The molecule has 0 aliphatic carbocycles. The van der Waals surface area contributed by atoms with Crippen molar-refractivity contribution in [3.63, 3.8) is 0 Å². The number of hydrogen-bond donors (Lipinski definition) is 1. The number of nitrogens with zero attached hydrogens (tertiary/aromatic N) is 1. The Morgan fingerprint density at radius 1 is 1.10 bits per heavy atom. The maximum absolute atomic E-state index is 12.9. The Morgan fingerprint density at radius 3 is 2.52 bits per heavy atom. The predicted octanol–water partition coefficient (Wildman–Crippen LogP) is 4.94. The summed E-state index contributed by atoms with van der Waals surface area (Å²) in [6, 6.07) is 18.5. The minimum Gasteiger partial charge on any atom is -0.496 e. The summed E-state index contributed by atoms with van der Waals surface area (Å²) in [4.78, 5) is 12.3. The second kappa shape index (κ2) is 9.84. The van der Waals surface area contributed by atoms with Crippen LogP contribution in [0.15, 0.2) is 76.3 Å². The van der Waals surface area contributed by atoms with E-state index in [1.807, 2.05) is 12.1 Å². The number of hydrazone groups is 1. The standard InChI is InChI=1S/C22H18BrFN2O3/c1-28-21-11-6-17(23)12-20(21)22(27)26-25-13-15-4-9-19(10-5-15)29-14-16-2-7-18(24)8-3-16/h2-13H,14H2,1H3,(H,26,27)/b25-13-. The quantitative estimate of drug-likeness (QED) is 0.404. The van der Waals surface area contributed by atoms with E-state index in [-0.39, 0.29) is 11.7 Å². The smallest absolute Gasteiger partial charge is 0.275 e. The molecule has 0 bridgehead atoms. The molecule has 0 radical (unpaired) electrons. The summed E-state index contributed by atoms with van der Waals surface area (Å²) in [6.07, 6.45) is 1.53. The number of carbonyl (C=O) groups excluding carboxylic acids is 1. The van der Waals surface area contributed by atoms with E-state index in [1.165, 1.54) is 25.5 Å². The van der Waals surface area contributed by atoms with Gasteiger partial charge in [-0.05, 0) is 65.7 Å². The van der Waals surface area contributed by atoms with Gasteiger partial charge < -0.3 is 9.47 Å². The highest BCUT2D eigenvalue weighted by Gasteiger charge is 2.11. The molecule has 0 aliphatic rings. The fraction of sp³-hybridized carbons (Fsp3) is 0.0909. The van der Waals surface area contributed by atoms with Crippen LogP contribution >= 0.6 is 15.9 Å². The summed E-state index contributed by atoms with van der Waals surface area (Å²) >= 11 is 3.33. The molecule has 5 nitrogen and oxygen atoms in total. The van der Waals surface area contributed by atoms with E-state index < -0.39 is 0 Å². The van der Waals surface area contributed by atoms with Gasteiger partial charge in [-0.25, -0.2) is 9.82 Å². The minimum atomic E-state index is -0.376. The molecule has 0 aliphatic heterocycles. The maximum atomic E-state index is 12.9. The lowest BCUT2D eigenvalue weighted by Crippen LogP contribution is -2.18. The zero-order valence-electron chi connectivity index (χ0n) is 15.6. The van der Waals surface area contributed by atoms with Crippen LogP contribution in [0.1, 0.15) is 21.5 Å². The Hall–Kier alpha value is -3.19. The molecule has 1 amide bonds. The van der Waals surface area contributed by atoms with Crippen molar-refractivity contribution in [2.45, 2.75) is 6.61 Å². The van der Waals surface area contributed by atoms with Crippen molar-refractivity contribution in [1.29, 1.82) is 0 Å². The van der Waals surface area contributed by atoms with Crippen LogP contribution in [0.2, 0.25) is 0 Å². The average molecular weight is 457 g/mol. The van der Waals surface area contributed by atoms with Gasteiger partial charge in [0.05, 0.1) is 18.9 Å². The number of methoxy groups -OCH3 is 1. The molecule has 0 saturated heterocycles. The highest BCUT2D eigenvalue weighted by Crippen LogP contribution is 2.22. The van der Waals surface area contributed by atoms with E-state index in [1.54, 1.807) is 42.5 Å². The van der Waals surface area contributed by atoms with Gasteiger partial charge in [0.15, 0.2) is 0 Å². The summed E-state index contributed by atoms with van der Waals surface area (Å²) in [5.74, 6) is 0.486. The van der Waals surface area contributed by atoms with Gasteiger partial charge in [-0.1, -0.05) is 28.1 Å². The van der Waals surface area contributed by atoms with E-state index in [4.69, 9.17) is 9.47 Å². The van der Waals surface area contributed by atoms with Crippen molar-refractivity contribution >= 4 is 28.1 Å². The SMILES string of the molecule is COc1ccc(Br)cc1C(=O)N/N=C\c1ccc(OCc2ccc(F)cc2)cc1. The number of ether oxygens (including phenoxy) is 2. The second-order valence-corrected chi connectivity index (χ2v) is 6.94. The van der Waals surface area contributed by atoms with Crippen LogP contribution in [-0.4, -0.2) is 19.2 Å². The molecule has 148 valence electrons. The molecule has 3 aromatic carbocycles. The molecule has 1 N–H and O–H groups in total. The summed E-state index contributed by atoms with van der Waals surface area (Å²) in [7, 11) is 1.50. The summed E-state index contributed by atoms with van der Waals surface area (Å²) in [5.41, 5.74) is 4.53. The number of amides is 1. The van der Waals surface area contributed by atoms with Gasteiger partial charge in [-0.15, -0.1) is 0 Å². The van der Waals surface area contributed by atoms with Crippen molar-refractivity contribution in [3.05, 3.63) is 93.7 Å². The van der Waals surface area contributed by atoms with Gasteiger partial charge in [0.1, 0.15) is 23.9 Å². The van der Waals surface area contributed by atoms with E-state index in [2.05, 4.69) is 26.5 Å². The predicted molar refractivity (Wildman–Crippen MR) is 113 cm³/mol. The van der Waals surface area contributed by atoms with Crippen LogP contribution < -0.4 is 14.9 Å². The Labute approximate surface area is 176 Å². The topological polar surface area (TPSA) is 59.9 Å². The number of nitrogens with one attached hydrogen (secondary N) is 1. The van der Waals surface area contributed by atoms with Gasteiger partial charge in [0, 0.05) is 4.47 Å². The van der Waals surface area contributed by atoms with Crippen molar-refractivity contribution in [3.8, 4) is 11.5 Å². The molecule has 0 unspecified atom stereocenters. The molecule has 0 aromatic heterocycles. The van der Waals surface area contributed by atoms with Crippen LogP contribution in [0.3, 0.4) is 0 Å². The molecule has 29 heavy (non-hydrogen) atoms. The fourth-order valence-corrected chi connectivity index (χ4v) is 2.84. The Bertz CT molecular complexity index is 1010. The molecular weight excluding hydrogens is 439 g/mol. The van der Waals surface area contributed by atoms with E-state index in [0.717, 1.165) is 15.6 Å². The fourth-order valence-electron chi connectivity index (χ4n) is 2.48. The number of benzene rings is 3. The first-order valence-corrected chi connectivity index (χ1v) is 9.49. The average Bonchev–Trinajstić information content (AvgIpc) is 2.74. The molecule has 3 aromatic rings. The van der Waals surface area contributed by atoms with Gasteiger partial charge in [-0.2, -0.15) is 5.10 Å². The molecule has 0 atom stereocenters. The Kier molecular flexibility index (Phi) is 6.97. The Balaban J connectivity index is 1.55. The Morgan fingerprint density at radius 2 is 1.83 bits per heavy atom. The first-order valence-electron chi connectivity index (χ1n) is 8.69. The lowest BCUT2D eigenvalue weighted by molar-refractivity contribution is 0.0952. The van der Waals surface area contributed by atoms with Gasteiger partial charge in [0.25, 0.3) is 5.91 Å². The van der Waals surface area contributed by atoms with Crippen LogP contribution in [-0.2, 0) is 6.61 Å². The maximum Gasteiger partial charge on any atom is 0.275 e. The summed E-state index contributed by atoms with van der Waals surface area (Å²) in [6.45, 7) is 0.345. The largest absolute Gasteiger partial charge is 0.496 e. The van der Waals surface area contributed by atoms with E-state index in [0.29, 0.717) is 23.7 Å². The molecule has 0 saturated carbocycles. The van der Waals surface area contributed by atoms with Crippen LogP contribution in [0.25, 0.3) is 0 Å². The monoisotopic (exact) mass is 456 g/mol. The minimum absolute atomic E-state index is 0.275. The second-order valence-electron chi connectivity index (χ2n) is 6.03. The zero-order valence-corrected chi connectivity index (χ0v) is 17.1. The van der Waals surface area contributed by atoms with Crippen LogP contribution in [0.5, 0.6) is 11.5 Å². The summed E-state index contributed by atoms with van der Waals surface area (Å²) in [5, 5.41) is 3.98. The number of carbonyl (C=O) groups is 1. The molecule has 7 heteroatoms. The third-order valence-corrected chi connectivity index (χ3v) is 4.48. The van der Waals surface area contributed by atoms with Crippen molar-refractivity contribution < 1.29 is 18.7 Å². The first kappa shape index (κ1) is 20.5. The van der Waals surface area contributed by atoms with Crippen LogP contribution in [0, 0.1) is 5.82 Å². The third kappa shape index (κ3) is 5.89. The lowest BCUT2D eigenvalue weighted by Gasteiger charge is -2.07. The van der Waals surface area contributed by atoms with Gasteiger partial charge >= 0.3 is 0 Å². The van der Waals surface area contributed by atoms with Crippen molar-refractivity contribution in [1.82, 2.24) is 5.43 Å². The normalized spacial score (nSPS) is 10.7. The van der Waals surface area contributed by atoms with Gasteiger partial charge in [0.2, 0.25) is 0 Å². The number of halogens is 2. The zero-order chi connectivity index (χ0) is 20.6. The number of rotatable bonds is 7. The highest BCUT2D eigenvalue weighted by atomic mass is 79.9. The molecule has 0 fully saturated rings.